The van der Waals surface area contributed by atoms with Crippen LogP contribution in [0.3, 0.4) is 0 Å². The quantitative estimate of drug-likeness (QED) is 0.504. The van der Waals surface area contributed by atoms with E-state index in [0.717, 1.165) is 0 Å². The molecule has 0 saturated carbocycles. The van der Waals surface area contributed by atoms with Gasteiger partial charge in [-0.05, 0) is 0 Å². The Morgan fingerprint density at radius 1 is 1.25 bits per heavy atom. The Bertz CT molecular complexity index is 99.6. The van der Waals surface area contributed by atoms with Gasteiger partial charge in [-0.3, -0.25) is 0 Å². The van der Waals surface area contributed by atoms with Gasteiger partial charge >= 0.3 is 0 Å². The van der Waals surface area contributed by atoms with Crippen molar-refractivity contribution in [2.24, 2.45) is 0 Å². The third-order valence-corrected chi connectivity index (χ3v) is 0.600. The van der Waals surface area contributed by atoms with Crippen LogP contribution < -0.4 is 0 Å². The summed E-state index contributed by atoms with van der Waals surface area (Å²) in [5, 5.41) is 0. The molecule has 0 atom stereocenters. The molecule has 0 aromatic heterocycles. The summed E-state index contributed by atoms with van der Waals surface area (Å²) >= 11 is 14.7. The van der Waals surface area contributed by atoms with Gasteiger partial charge in [0.25, 0.3) is 6.08 Å². The smallest absolute Gasteiger partial charge is 0.174 e. The summed E-state index contributed by atoms with van der Waals surface area (Å²) < 4.78 is 20.3. The fraction of sp³-hybridized carbons (Fsp3) is 0.333. The number of halogens is 5. The minimum Gasteiger partial charge on any atom is -0.174 e. The Morgan fingerprint density at radius 3 is 1.62 bits per heavy atom. The van der Waals surface area contributed by atoms with E-state index in [9.17, 15) is 8.78 Å². The number of hydrogen-bond donors (Lipinski definition) is 0. The number of alkyl halides is 3. The standard InChI is InChI=1S/C3HCl3F2/c4-3(5,6)1-2(7)8/h1H. The topological polar surface area (TPSA) is 0 Å². The molecular formula is C3HCl3F2. The zero-order valence-electron chi connectivity index (χ0n) is 3.47. The highest BCUT2D eigenvalue weighted by atomic mass is 35.6. The van der Waals surface area contributed by atoms with Gasteiger partial charge in [0.15, 0.2) is 0 Å². The van der Waals surface area contributed by atoms with E-state index in [4.69, 9.17) is 34.8 Å². The van der Waals surface area contributed by atoms with Crippen molar-refractivity contribution in [3.63, 3.8) is 0 Å². The molecule has 0 aromatic carbocycles. The molecule has 0 aliphatic carbocycles. The molecule has 48 valence electrons. The van der Waals surface area contributed by atoms with Gasteiger partial charge in [-0.25, -0.2) is 0 Å². The average molecular weight is 181 g/mol. The van der Waals surface area contributed by atoms with Crippen molar-refractivity contribution in [3.05, 3.63) is 12.2 Å². The van der Waals surface area contributed by atoms with Gasteiger partial charge in [-0.15, -0.1) is 0 Å². The van der Waals surface area contributed by atoms with Gasteiger partial charge < -0.3 is 0 Å². The fourth-order valence-electron chi connectivity index (χ4n) is 0.124. The second-order valence-corrected chi connectivity index (χ2v) is 3.34. The van der Waals surface area contributed by atoms with Crippen LogP contribution in [0.2, 0.25) is 0 Å². The monoisotopic (exact) mass is 180 g/mol. The number of allylic oxidation sites excluding steroid dienone is 1. The molecule has 0 aliphatic rings. The minimum absolute atomic E-state index is 0.234. The summed E-state index contributed by atoms with van der Waals surface area (Å²) in [6.45, 7) is 0. The van der Waals surface area contributed by atoms with Crippen LogP contribution in [0.4, 0.5) is 8.78 Å². The van der Waals surface area contributed by atoms with E-state index < -0.39 is 9.87 Å². The third-order valence-electron chi connectivity index (χ3n) is 0.273. The minimum atomic E-state index is -2.00. The van der Waals surface area contributed by atoms with Crippen molar-refractivity contribution >= 4 is 34.8 Å². The highest BCUT2D eigenvalue weighted by Gasteiger charge is 2.16. The van der Waals surface area contributed by atoms with Crippen molar-refractivity contribution in [2.45, 2.75) is 3.79 Å². The predicted molar refractivity (Wildman–Crippen MR) is 30.6 cm³/mol. The van der Waals surface area contributed by atoms with Crippen LogP contribution >= 0.6 is 34.8 Å². The largest absolute Gasteiger partial charge is 0.270 e. The molecule has 0 aliphatic heterocycles. The van der Waals surface area contributed by atoms with Crippen molar-refractivity contribution in [1.82, 2.24) is 0 Å². The molecule has 0 aromatic rings. The van der Waals surface area contributed by atoms with E-state index in [1.807, 2.05) is 0 Å². The predicted octanol–water partition coefficient (Wildman–Crippen LogP) is 3.14. The lowest BCUT2D eigenvalue weighted by atomic mass is 10.7. The zero-order chi connectivity index (χ0) is 6.78. The van der Waals surface area contributed by atoms with Crippen LogP contribution in [0.1, 0.15) is 0 Å². The summed E-state index contributed by atoms with van der Waals surface area (Å²) in [7, 11) is 0. The maximum absolute atomic E-state index is 11.1. The zero-order valence-corrected chi connectivity index (χ0v) is 5.73. The molecule has 0 heterocycles. The first kappa shape index (κ1) is 8.47. The van der Waals surface area contributed by atoms with Gasteiger partial charge in [0.2, 0.25) is 3.79 Å². The van der Waals surface area contributed by atoms with Crippen LogP contribution in [0.15, 0.2) is 12.2 Å². The second-order valence-electron chi connectivity index (χ2n) is 0.976. The van der Waals surface area contributed by atoms with E-state index >= 15 is 0 Å². The summed E-state index contributed by atoms with van der Waals surface area (Å²) in [5.74, 6) is 0. The SMILES string of the molecule is FC(F)=CC(Cl)(Cl)Cl. The Balaban J connectivity index is 3.89. The van der Waals surface area contributed by atoms with Crippen LogP contribution in [-0.2, 0) is 0 Å². The molecule has 0 unspecified atom stereocenters. The lowest BCUT2D eigenvalue weighted by molar-refractivity contribution is 0.419. The molecule has 0 saturated heterocycles. The van der Waals surface area contributed by atoms with Crippen LogP contribution in [-0.4, -0.2) is 3.79 Å². The van der Waals surface area contributed by atoms with Crippen molar-refractivity contribution < 1.29 is 8.78 Å². The van der Waals surface area contributed by atoms with Crippen molar-refractivity contribution in [2.75, 3.05) is 0 Å². The molecular weight excluding hydrogens is 180 g/mol. The molecule has 0 N–H and O–H groups in total. The Labute approximate surface area is 60.0 Å². The van der Waals surface area contributed by atoms with E-state index in [1.54, 1.807) is 0 Å². The lowest BCUT2D eigenvalue weighted by Gasteiger charge is -1.99. The molecule has 0 spiro atoms. The molecule has 0 amide bonds. The van der Waals surface area contributed by atoms with E-state index in [2.05, 4.69) is 0 Å². The molecule has 0 rings (SSSR count). The highest BCUT2D eigenvalue weighted by molar-refractivity contribution is 6.68. The van der Waals surface area contributed by atoms with Crippen LogP contribution in [0, 0.1) is 0 Å². The molecule has 0 nitrogen and oxygen atoms in total. The molecule has 5 heteroatoms. The van der Waals surface area contributed by atoms with Gasteiger partial charge in [0, 0.05) is 6.08 Å². The van der Waals surface area contributed by atoms with Gasteiger partial charge in [-0.1, -0.05) is 34.8 Å². The molecule has 0 bridgehead atoms. The number of hydrogen-bond acceptors (Lipinski definition) is 0. The van der Waals surface area contributed by atoms with Crippen molar-refractivity contribution in [3.8, 4) is 0 Å². The Morgan fingerprint density at radius 2 is 1.62 bits per heavy atom. The van der Waals surface area contributed by atoms with Crippen molar-refractivity contribution in [1.29, 1.82) is 0 Å². The maximum atomic E-state index is 11.1. The highest BCUT2D eigenvalue weighted by Crippen LogP contribution is 2.29. The lowest BCUT2D eigenvalue weighted by Crippen LogP contribution is -1.94. The molecule has 0 fully saturated rings. The fourth-order valence-corrected chi connectivity index (χ4v) is 0.371. The molecule has 0 radical (unpaired) electrons. The second kappa shape index (κ2) is 2.85. The van der Waals surface area contributed by atoms with E-state index in [1.165, 1.54) is 0 Å². The third kappa shape index (κ3) is 6.47. The van der Waals surface area contributed by atoms with Crippen LogP contribution in [0.5, 0.6) is 0 Å². The Hall–Kier alpha value is 0.470. The van der Waals surface area contributed by atoms with Gasteiger partial charge in [0.05, 0.1) is 0 Å². The summed E-state index contributed by atoms with van der Waals surface area (Å²) in [6.07, 6.45) is -1.76. The first-order valence-corrected chi connectivity index (χ1v) is 2.66. The van der Waals surface area contributed by atoms with Crippen LogP contribution in [0.25, 0.3) is 0 Å². The summed E-state index contributed by atoms with van der Waals surface area (Å²) in [4.78, 5) is 0. The average Bonchev–Trinajstić information content (AvgIpc) is 1.21. The number of rotatable bonds is 0. The maximum Gasteiger partial charge on any atom is 0.270 e. The van der Waals surface area contributed by atoms with E-state index in [-0.39, 0.29) is 6.08 Å². The summed E-state index contributed by atoms with van der Waals surface area (Å²) in [5.41, 5.74) is 0. The first-order valence-electron chi connectivity index (χ1n) is 1.52. The van der Waals surface area contributed by atoms with Gasteiger partial charge in [0.1, 0.15) is 0 Å². The Kier molecular flexibility index (Phi) is 3.02. The van der Waals surface area contributed by atoms with E-state index in [0.29, 0.717) is 0 Å². The van der Waals surface area contributed by atoms with Gasteiger partial charge in [-0.2, -0.15) is 8.78 Å². The normalized spacial score (nSPS) is 11.1. The summed E-state index contributed by atoms with van der Waals surface area (Å²) in [6, 6.07) is 0. The molecule has 8 heavy (non-hydrogen) atoms. The first-order chi connectivity index (χ1) is 3.42.